The van der Waals surface area contributed by atoms with Gasteiger partial charge in [0, 0.05) is 0 Å². The molecule has 0 heterocycles. The number of ether oxygens (including phenoxy) is 1. The van der Waals surface area contributed by atoms with Crippen molar-refractivity contribution in [3.63, 3.8) is 0 Å². The topological polar surface area (TPSA) is 69.4 Å². The minimum absolute atomic E-state index is 0.0283. The number of benzene rings is 1. The Morgan fingerprint density at radius 3 is 2.72 bits per heavy atom. The van der Waals surface area contributed by atoms with Crippen molar-refractivity contribution in [2.24, 2.45) is 5.14 Å². The highest BCUT2D eigenvalue weighted by atomic mass is 32.2. The van der Waals surface area contributed by atoms with E-state index in [1.165, 1.54) is 24.0 Å². The molecule has 2 N–H and O–H groups in total. The number of nitrogens with two attached hydrogens (primary N) is 1. The summed E-state index contributed by atoms with van der Waals surface area (Å²) in [5.74, 6) is 0.909. The van der Waals surface area contributed by atoms with Crippen molar-refractivity contribution in [2.45, 2.75) is 32.1 Å². The summed E-state index contributed by atoms with van der Waals surface area (Å²) in [6.07, 6.45) is 4.78. The fraction of sp³-hybridized carbons (Fsp3) is 0.538. The van der Waals surface area contributed by atoms with E-state index in [1.54, 1.807) is 0 Å². The van der Waals surface area contributed by atoms with Crippen LogP contribution in [0.2, 0.25) is 0 Å². The molecule has 4 nitrogen and oxygen atoms in total. The molecule has 0 spiro atoms. The first-order valence-corrected chi connectivity index (χ1v) is 8.01. The zero-order chi connectivity index (χ0) is 13.0. The fourth-order valence-electron chi connectivity index (χ4n) is 2.23. The molecule has 0 fully saturated rings. The Morgan fingerprint density at radius 2 is 1.94 bits per heavy atom. The molecular formula is C13H19NO3S. The average Bonchev–Trinajstić information content (AvgIpc) is 2.74. The van der Waals surface area contributed by atoms with Crippen molar-refractivity contribution in [1.82, 2.24) is 0 Å². The zero-order valence-corrected chi connectivity index (χ0v) is 11.2. The van der Waals surface area contributed by atoms with Gasteiger partial charge in [-0.1, -0.05) is 6.07 Å². The Morgan fingerprint density at radius 1 is 1.17 bits per heavy atom. The maximum atomic E-state index is 10.7. The summed E-state index contributed by atoms with van der Waals surface area (Å²) in [4.78, 5) is 0. The number of primary sulfonamides is 1. The van der Waals surface area contributed by atoms with Crippen LogP contribution in [0.15, 0.2) is 18.2 Å². The van der Waals surface area contributed by atoms with Crippen LogP contribution in [0.3, 0.4) is 0 Å². The van der Waals surface area contributed by atoms with Crippen LogP contribution in [0.25, 0.3) is 0 Å². The van der Waals surface area contributed by atoms with Gasteiger partial charge >= 0.3 is 0 Å². The van der Waals surface area contributed by atoms with Crippen LogP contribution in [-0.2, 0) is 22.9 Å². The summed E-state index contributed by atoms with van der Waals surface area (Å²) < 4.78 is 27.1. The van der Waals surface area contributed by atoms with Gasteiger partial charge in [-0.25, -0.2) is 13.6 Å². The highest BCUT2D eigenvalue weighted by Gasteiger charge is 2.11. The van der Waals surface area contributed by atoms with Gasteiger partial charge in [0.25, 0.3) is 0 Å². The molecule has 0 saturated heterocycles. The second-order valence-electron chi connectivity index (χ2n) is 4.71. The molecule has 0 atom stereocenters. The molecule has 1 aromatic rings. The zero-order valence-electron chi connectivity index (χ0n) is 10.4. The van der Waals surface area contributed by atoms with Gasteiger partial charge < -0.3 is 4.74 Å². The van der Waals surface area contributed by atoms with Gasteiger partial charge in [-0.2, -0.15) is 0 Å². The average molecular weight is 269 g/mol. The number of fused-ring (bicyclic) bond motifs is 1. The quantitative estimate of drug-likeness (QED) is 0.798. The van der Waals surface area contributed by atoms with E-state index in [0.717, 1.165) is 12.2 Å². The lowest BCUT2D eigenvalue weighted by molar-refractivity contribution is 0.309. The first kappa shape index (κ1) is 13.4. The van der Waals surface area contributed by atoms with E-state index in [4.69, 9.17) is 9.88 Å². The summed E-state index contributed by atoms with van der Waals surface area (Å²) in [5, 5.41) is 4.92. The van der Waals surface area contributed by atoms with E-state index in [-0.39, 0.29) is 5.75 Å². The van der Waals surface area contributed by atoms with Crippen LogP contribution in [0, 0.1) is 0 Å². The van der Waals surface area contributed by atoms with Gasteiger partial charge in [-0.05, 0) is 55.4 Å². The Labute approximate surface area is 108 Å². The van der Waals surface area contributed by atoms with Gasteiger partial charge in [-0.3, -0.25) is 0 Å². The monoisotopic (exact) mass is 269 g/mol. The van der Waals surface area contributed by atoms with Gasteiger partial charge in [0.05, 0.1) is 12.4 Å². The molecule has 1 aliphatic rings. The molecule has 0 aromatic heterocycles. The second kappa shape index (κ2) is 5.71. The second-order valence-corrected chi connectivity index (χ2v) is 6.44. The molecule has 0 bridgehead atoms. The molecule has 1 aromatic carbocycles. The molecule has 0 aliphatic heterocycles. The van der Waals surface area contributed by atoms with Crippen molar-refractivity contribution < 1.29 is 13.2 Å². The lowest BCUT2D eigenvalue weighted by atomic mass is 10.1. The van der Waals surface area contributed by atoms with Gasteiger partial charge in [0.15, 0.2) is 0 Å². The molecule has 2 rings (SSSR count). The molecule has 0 unspecified atom stereocenters. The fourth-order valence-corrected chi connectivity index (χ4v) is 2.84. The van der Waals surface area contributed by atoms with E-state index < -0.39 is 10.0 Å². The molecule has 100 valence electrons. The van der Waals surface area contributed by atoms with Crippen LogP contribution in [0.5, 0.6) is 5.75 Å². The third-order valence-electron chi connectivity index (χ3n) is 3.16. The minimum atomic E-state index is -3.33. The number of sulfonamides is 1. The van der Waals surface area contributed by atoms with Crippen molar-refractivity contribution in [2.75, 3.05) is 12.4 Å². The highest BCUT2D eigenvalue weighted by molar-refractivity contribution is 7.89. The van der Waals surface area contributed by atoms with Crippen LogP contribution < -0.4 is 9.88 Å². The summed E-state index contributed by atoms with van der Waals surface area (Å²) in [6, 6.07) is 6.22. The lowest BCUT2D eigenvalue weighted by Crippen LogP contribution is -2.16. The van der Waals surface area contributed by atoms with E-state index in [2.05, 4.69) is 12.1 Å². The summed E-state index contributed by atoms with van der Waals surface area (Å²) in [7, 11) is -3.33. The molecule has 18 heavy (non-hydrogen) atoms. The van der Waals surface area contributed by atoms with Gasteiger partial charge in [0.2, 0.25) is 10.0 Å². The third-order valence-corrected chi connectivity index (χ3v) is 4.02. The van der Waals surface area contributed by atoms with E-state index in [1.807, 2.05) is 6.07 Å². The Hall–Kier alpha value is -1.07. The molecular weight excluding hydrogens is 250 g/mol. The largest absolute Gasteiger partial charge is 0.494 e. The van der Waals surface area contributed by atoms with Crippen LogP contribution >= 0.6 is 0 Å². The maximum Gasteiger partial charge on any atom is 0.209 e. The van der Waals surface area contributed by atoms with E-state index in [9.17, 15) is 8.42 Å². The number of hydrogen-bond acceptors (Lipinski definition) is 3. The van der Waals surface area contributed by atoms with Crippen LogP contribution in [-0.4, -0.2) is 20.8 Å². The lowest BCUT2D eigenvalue weighted by Gasteiger charge is -2.07. The summed E-state index contributed by atoms with van der Waals surface area (Å²) >= 11 is 0. The standard InChI is InChI=1S/C13H19NO3S/c14-18(15,16)9-2-1-8-17-13-7-6-11-4-3-5-12(11)10-13/h6-7,10H,1-5,8-9H2,(H2,14,15,16). The summed E-state index contributed by atoms with van der Waals surface area (Å²) in [6.45, 7) is 0.536. The van der Waals surface area contributed by atoms with Crippen molar-refractivity contribution in [3.8, 4) is 5.75 Å². The maximum absolute atomic E-state index is 10.7. The smallest absolute Gasteiger partial charge is 0.209 e. The Bertz CT molecular complexity index is 511. The van der Waals surface area contributed by atoms with Crippen molar-refractivity contribution >= 4 is 10.0 Å². The number of aryl methyl sites for hydroxylation is 2. The number of unbranched alkanes of at least 4 members (excludes halogenated alkanes) is 1. The Balaban J connectivity index is 1.74. The van der Waals surface area contributed by atoms with Gasteiger partial charge in [0.1, 0.15) is 5.75 Å². The first-order valence-electron chi connectivity index (χ1n) is 6.30. The first-order chi connectivity index (χ1) is 8.54. The number of rotatable bonds is 6. The highest BCUT2D eigenvalue weighted by Crippen LogP contribution is 2.26. The predicted octanol–water partition coefficient (Wildman–Crippen LogP) is 1.62. The Kier molecular flexibility index (Phi) is 4.24. The van der Waals surface area contributed by atoms with Crippen LogP contribution in [0.1, 0.15) is 30.4 Å². The van der Waals surface area contributed by atoms with Crippen LogP contribution in [0.4, 0.5) is 0 Å². The van der Waals surface area contributed by atoms with E-state index >= 15 is 0 Å². The van der Waals surface area contributed by atoms with Crippen molar-refractivity contribution in [3.05, 3.63) is 29.3 Å². The minimum Gasteiger partial charge on any atom is -0.494 e. The van der Waals surface area contributed by atoms with Crippen molar-refractivity contribution in [1.29, 1.82) is 0 Å². The molecule has 0 amide bonds. The number of hydrogen-bond donors (Lipinski definition) is 1. The third kappa shape index (κ3) is 3.99. The summed E-state index contributed by atoms with van der Waals surface area (Å²) in [5.41, 5.74) is 2.81. The SMILES string of the molecule is NS(=O)(=O)CCCCOc1ccc2c(c1)CCC2. The molecule has 5 heteroatoms. The predicted molar refractivity (Wildman–Crippen MR) is 71.2 cm³/mol. The molecule has 0 saturated carbocycles. The normalized spacial score (nSPS) is 14.5. The molecule has 0 radical (unpaired) electrons. The van der Waals surface area contributed by atoms with E-state index in [0.29, 0.717) is 19.4 Å². The molecule has 1 aliphatic carbocycles. The van der Waals surface area contributed by atoms with Gasteiger partial charge in [-0.15, -0.1) is 0 Å².